The maximum absolute atomic E-state index is 8.51. The molecule has 0 amide bonds. The Morgan fingerprint density at radius 2 is 1.19 bits per heavy atom. The van der Waals surface area contributed by atoms with Crippen molar-refractivity contribution in [1.82, 2.24) is 0 Å². The fourth-order valence-corrected chi connectivity index (χ4v) is 1.50. The van der Waals surface area contributed by atoms with Gasteiger partial charge < -0.3 is 19.7 Å². The van der Waals surface area contributed by atoms with E-state index in [0.29, 0.717) is 0 Å². The third-order valence-corrected chi connectivity index (χ3v) is 2.33. The molecule has 2 rings (SSSR count). The van der Waals surface area contributed by atoms with Gasteiger partial charge in [-0.1, -0.05) is 24.3 Å². The van der Waals surface area contributed by atoms with Crippen LogP contribution in [0.3, 0.4) is 0 Å². The Morgan fingerprint density at radius 3 is 1.31 bits per heavy atom. The fraction of sp³-hybridized carbons (Fsp3) is 0.667. The summed E-state index contributed by atoms with van der Waals surface area (Å²) in [6.45, 7) is 4.10. The van der Waals surface area contributed by atoms with Crippen molar-refractivity contribution < 1.29 is 19.7 Å². The van der Waals surface area contributed by atoms with E-state index in [2.05, 4.69) is 0 Å². The third kappa shape index (κ3) is 4.45. The lowest BCUT2D eigenvalue weighted by Gasteiger charge is -2.05. The molecule has 4 heteroatoms. The second kappa shape index (κ2) is 6.81. The number of hydrogen-bond acceptors (Lipinski definition) is 4. The number of hydrogen-bond donors (Lipinski definition) is 2. The summed E-state index contributed by atoms with van der Waals surface area (Å²) in [6.07, 6.45) is 7.92. The SMILES string of the molecule is CC1C=CC(CO)O1.C[C@H]1C=C[C@@H](CO)O1. The molecule has 0 aromatic heterocycles. The monoisotopic (exact) mass is 228 g/mol. The summed E-state index contributed by atoms with van der Waals surface area (Å²) in [5, 5.41) is 17.0. The lowest BCUT2D eigenvalue weighted by Crippen LogP contribution is -2.12. The Labute approximate surface area is 96.2 Å². The molecule has 0 radical (unpaired) electrons. The van der Waals surface area contributed by atoms with E-state index >= 15 is 0 Å². The van der Waals surface area contributed by atoms with Crippen molar-refractivity contribution in [3.05, 3.63) is 24.3 Å². The lowest BCUT2D eigenvalue weighted by atomic mass is 10.3. The summed E-state index contributed by atoms with van der Waals surface area (Å²) in [5.74, 6) is 0. The van der Waals surface area contributed by atoms with Crippen LogP contribution in [0.25, 0.3) is 0 Å². The lowest BCUT2D eigenvalue weighted by molar-refractivity contribution is 0.0339. The minimum Gasteiger partial charge on any atom is -0.393 e. The van der Waals surface area contributed by atoms with Gasteiger partial charge in [0.05, 0.1) is 37.6 Å². The molecule has 0 aliphatic carbocycles. The minimum atomic E-state index is -0.0509. The van der Waals surface area contributed by atoms with E-state index in [-0.39, 0.29) is 37.6 Å². The molecule has 0 spiro atoms. The van der Waals surface area contributed by atoms with Crippen LogP contribution in [-0.2, 0) is 9.47 Å². The molecule has 92 valence electrons. The highest BCUT2D eigenvalue weighted by Crippen LogP contribution is 2.09. The van der Waals surface area contributed by atoms with E-state index < -0.39 is 0 Å². The summed E-state index contributed by atoms with van der Waals surface area (Å²) in [5.41, 5.74) is 0. The fourth-order valence-electron chi connectivity index (χ4n) is 1.50. The van der Waals surface area contributed by atoms with Gasteiger partial charge in [-0.2, -0.15) is 0 Å². The van der Waals surface area contributed by atoms with Crippen LogP contribution in [0.2, 0.25) is 0 Å². The van der Waals surface area contributed by atoms with Gasteiger partial charge in [0.15, 0.2) is 0 Å². The van der Waals surface area contributed by atoms with Crippen LogP contribution in [-0.4, -0.2) is 47.8 Å². The Bertz CT molecular complexity index is 223. The summed E-state index contributed by atoms with van der Waals surface area (Å²) in [6, 6.07) is 0. The molecule has 0 saturated heterocycles. The average molecular weight is 228 g/mol. The van der Waals surface area contributed by atoms with E-state index in [1.165, 1.54) is 0 Å². The van der Waals surface area contributed by atoms with Crippen LogP contribution < -0.4 is 0 Å². The summed E-state index contributed by atoms with van der Waals surface area (Å²) in [7, 11) is 0. The molecule has 2 unspecified atom stereocenters. The van der Waals surface area contributed by atoms with Crippen LogP contribution in [0.4, 0.5) is 0 Å². The molecule has 0 saturated carbocycles. The number of rotatable bonds is 2. The van der Waals surface area contributed by atoms with Gasteiger partial charge in [0.2, 0.25) is 0 Å². The number of aliphatic hydroxyl groups is 2. The molecule has 0 aromatic carbocycles. The van der Waals surface area contributed by atoms with E-state index in [4.69, 9.17) is 19.7 Å². The molecule has 0 fully saturated rings. The average Bonchev–Trinajstić information content (AvgIpc) is 2.88. The molecule has 4 atom stereocenters. The Kier molecular flexibility index (Phi) is 5.69. The molecular weight excluding hydrogens is 208 g/mol. The largest absolute Gasteiger partial charge is 0.393 e. The van der Waals surface area contributed by atoms with Crippen molar-refractivity contribution >= 4 is 0 Å². The summed E-state index contributed by atoms with van der Waals surface area (Å²) >= 11 is 0. The zero-order chi connectivity index (χ0) is 12.0. The van der Waals surface area contributed by atoms with Crippen LogP contribution in [0.5, 0.6) is 0 Å². The molecule has 2 aliphatic heterocycles. The highest BCUT2D eigenvalue weighted by Gasteiger charge is 2.13. The Morgan fingerprint density at radius 1 is 0.812 bits per heavy atom. The highest BCUT2D eigenvalue weighted by atomic mass is 16.5. The standard InChI is InChI=1S/2C6H10O2/c2*1-5-2-3-6(4-7)8-5/h2*2-3,5-7H,4H2,1H3/t5-,6-;/m0./s1. The van der Waals surface area contributed by atoms with Crippen LogP contribution in [0.15, 0.2) is 24.3 Å². The van der Waals surface area contributed by atoms with Crippen molar-refractivity contribution in [3.63, 3.8) is 0 Å². The normalized spacial score (nSPS) is 36.2. The first-order chi connectivity index (χ1) is 7.65. The summed E-state index contributed by atoms with van der Waals surface area (Å²) in [4.78, 5) is 0. The van der Waals surface area contributed by atoms with Crippen molar-refractivity contribution in [1.29, 1.82) is 0 Å². The van der Waals surface area contributed by atoms with Crippen molar-refractivity contribution in [2.45, 2.75) is 38.3 Å². The van der Waals surface area contributed by atoms with Crippen LogP contribution in [0, 0.1) is 0 Å². The van der Waals surface area contributed by atoms with E-state index in [0.717, 1.165) is 0 Å². The molecular formula is C12H20O4. The highest BCUT2D eigenvalue weighted by molar-refractivity contribution is 5.00. The first-order valence-electron chi connectivity index (χ1n) is 5.55. The maximum atomic E-state index is 8.51. The molecule has 2 N–H and O–H groups in total. The molecule has 0 aromatic rings. The predicted molar refractivity (Wildman–Crippen MR) is 61.1 cm³/mol. The third-order valence-electron chi connectivity index (χ3n) is 2.33. The molecule has 0 bridgehead atoms. The smallest absolute Gasteiger partial charge is 0.0995 e. The molecule has 4 nitrogen and oxygen atoms in total. The maximum Gasteiger partial charge on any atom is 0.0995 e. The Hall–Kier alpha value is -0.680. The second-order valence-corrected chi connectivity index (χ2v) is 3.89. The van der Waals surface area contributed by atoms with E-state index in [1.54, 1.807) is 0 Å². The van der Waals surface area contributed by atoms with Crippen LogP contribution in [0.1, 0.15) is 13.8 Å². The first kappa shape index (κ1) is 13.4. The number of aliphatic hydroxyl groups excluding tert-OH is 2. The van der Waals surface area contributed by atoms with Gasteiger partial charge in [0, 0.05) is 0 Å². The van der Waals surface area contributed by atoms with Gasteiger partial charge in [-0.05, 0) is 13.8 Å². The van der Waals surface area contributed by atoms with Crippen molar-refractivity contribution in [3.8, 4) is 0 Å². The van der Waals surface area contributed by atoms with E-state index in [9.17, 15) is 0 Å². The van der Waals surface area contributed by atoms with Gasteiger partial charge in [-0.25, -0.2) is 0 Å². The summed E-state index contributed by atoms with van der Waals surface area (Å²) < 4.78 is 10.3. The Balaban J connectivity index is 0.000000160. The van der Waals surface area contributed by atoms with Crippen molar-refractivity contribution in [2.75, 3.05) is 13.2 Å². The quantitative estimate of drug-likeness (QED) is 0.681. The first-order valence-corrected chi connectivity index (χ1v) is 5.55. The van der Waals surface area contributed by atoms with E-state index in [1.807, 2.05) is 38.2 Å². The molecule has 2 heterocycles. The van der Waals surface area contributed by atoms with Crippen LogP contribution >= 0.6 is 0 Å². The van der Waals surface area contributed by atoms with Gasteiger partial charge in [-0.3, -0.25) is 0 Å². The predicted octanol–water partition coefficient (Wildman–Crippen LogP) is 0.644. The topological polar surface area (TPSA) is 58.9 Å². The zero-order valence-corrected chi connectivity index (χ0v) is 9.74. The second-order valence-electron chi connectivity index (χ2n) is 3.89. The number of ether oxygens (including phenoxy) is 2. The molecule has 16 heavy (non-hydrogen) atoms. The van der Waals surface area contributed by atoms with Gasteiger partial charge in [-0.15, -0.1) is 0 Å². The zero-order valence-electron chi connectivity index (χ0n) is 9.74. The van der Waals surface area contributed by atoms with Crippen molar-refractivity contribution in [2.24, 2.45) is 0 Å². The van der Waals surface area contributed by atoms with Gasteiger partial charge in [0.1, 0.15) is 0 Å². The van der Waals surface area contributed by atoms with Gasteiger partial charge in [0.25, 0.3) is 0 Å². The van der Waals surface area contributed by atoms with Gasteiger partial charge >= 0.3 is 0 Å². The minimum absolute atomic E-state index is 0.0509. The molecule has 2 aliphatic rings.